The predicted octanol–water partition coefficient (Wildman–Crippen LogP) is 2.50. The Hall–Kier alpha value is -2.25. The summed E-state index contributed by atoms with van der Waals surface area (Å²) in [5.41, 5.74) is 1.74. The topological polar surface area (TPSA) is 71.1 Å². The molecular weight excluding hydrogens is 324 g/mol. The van der Waals surface area contributed by atoms with Gasteiger partial charge in [-0.05, 0) is 31.5 Å². The molecule has 4 rings (SSSR count). The molecule has 3 aromatic rings. The lowest BCUT2D eigenvalue weighted by Crippen LogP contribution is -2.36. The third kappa shape index (κ3) is 2.59. The van der Waals surface area contributed by atoms with Crippen molar-refractivity contribution < 1.29 is 4.74 Å². The summed E-state index contributed by atoms with van der Waals surface area (Å²) in [4.78, 5) is 28.5. The van der Waals surface area contributed by atoms with Gasteiger partial charge in [-0.3, -0.25) is 4.79 Å². The van der Waals surface area contributed by atoms with Gasteiger partial charge in [-0.25, -0.2) is 9.97 Å². The van der Waals surface area contributed by atoms with Crippen LogP contribution in [-0.2, 0) is 4.74 Å². The van der Waals surface area contributed by atoms with Crippen molar-refractivity contribution >= 4 is 27.4 Å². The molecule has 0 saturated carbocycles. The molecule has 0 unspecified atom stereocenters. The summed E-state index contributed by atoms with van der Waals surface area (Å²) < 4.78 is 5.36. The molecule has 1 aliphatic heterocycles. The van der Waals surface area contributed by atoms with Gasteiger partial charge in [0.1, 0.15) is 16.5 Å². The number of hydrogen-bond donors (Lipinski definition) is 1. The summed E-state index contributed by atoms with van der Waals surface area (Å²) in [7, 11) is 0. The van der Waals surface area contributed by atoms with E-state index in [9.17, 15) is 4.79 Å². The normalized spacial score (nSPS) is 15.2. The lowest BCUT2D eigenvalue weighted by Gasteiger charge is -2.27. The van der Waals surface area contributed by atoms with Gasteiger partial charge in [-0.2, -0.15) is 0 Å². The zero-order valence-corrected chi connectivity index (χ0v) is 14.4. The van der Waals surface area contributed by atoms with E-state index in [1.54, 1.807) is 17.5 Å². The Morgan fingerprint density at radius 2 is 2.04 bits per heavy atom. The Morgan fingerprint density at radius 3 is 2.75 bits per heavy atom. The minimum Gasteiger partial charge on any atom is -0.378 e. The highest BCUT2D eigenvalue weighted by molar-refractivity contribution is 7.18. The van der Waals surface area contributed by atoms with Gasteiger partial charge in [0, 0.05) is 29.7 Å². The summed E-state index contributed by atoms with van der Waals surface area (Å²) in [6.45, 7) is 7.13. The molecule has 0 amide bonds. The van der Waals surface area contributed by atoms with Crippen molar-refractivity contribution in [2.24, 2.45) is 0 Å². The number of morpholine rings is 1. The number of thiophene rings is 1. The third-order valence-electron chi connectivity index (χ3n) is 4.40. The first-order valence-corrected chi connectivity index (χ1v) is 8.74. The fourth-order valence-corrected chi connectivity index (χ4v) is 3.93. The van der Waals surface area contributed by atoms with Crippen LogP contribution in [-0.4, -0.2) is 41.3 Å². The van der Waals surface area contributed by atoms with Crippen molar-refractivity contribution in [3.05, 3.63) is 39.1 Å². The lowest BCUT2D eigenvalue weighted by atomic mass is 10.2. The van der Waals surface area contributed by atoms with Gasteiger partial charge in [0.2, 0.25) is 0 Å². The van der Waals surface area contributed by atoms with Crippen molar-refractivity contribution in [3.63, 3.8) is 0 Å². The molecule has 124 valence electrons. The number of aromatic amines is 1. The predicted molar refractivity (Wildman–Crippen MR) is 96.0 cm³/mol. The van der Waals surface area contributed by atoms with Crippen molar-refractivity contribution in [2.75, 3.05) is 31.2 Å². The van der Waals surface area contributed by atoms with Gasteiger partial charge in [0.05, 0.1) is 18.6 Å². The molecule has 0 radical (unpaired) electrons. The number of ether oxygens (including phenoxy) is 1. The highest BCUT2D eigenvalue weighted by Gasteiger charge is 2.15. The molecule has 0 spiro atoms. The van der Waals surface area contributed by atoms with E-state index in [0.29, 0.717) is 11.2 Å². The molecule has 0 aromatic carbocycles. The number of anilines is 1. The van der Waals surface area contributed by atoms with E-state index in [2.05, 4.69) is 19.9 Å². The van der Waals surface area contributed by atoms with Gasteiger partial charge < -0.3 is 14.6 Å². The Bertz CT molecular complexity index is 940. The van der Waals surface area contributed by atoms with E-state index in [1.165, 1.54) is 0 Å². The molecule has 0 aliphatic carbocycles. The first kappa shape index (κ1) is 15.3. The molecule has 6 nitrogen and oxygen atoms in total. The van der Waals surface area contributed by atoms with Gasteiger partial charge >= 0.3 is 0 Å². The van der Waals surface area contributed by atoms with Crippen LogP contribution in [0.4, 0.5) is 5.82 Å². The van der Waals surface area contributed by atoms with Crippen molar-refractivity contribution in [1.82, 2.24) is 15.0 Å². The lowest BCUT2D eigenvalue weighted by molar-refractivity contribution is 0.122. The second-order valence-corrected chi connectivity index (χ2v) is 7.09. The average molecular weight is 342 g/mol. The molecule has 1 saturated heterocycles. The molecule has 1 N–H and O–H groups in total. The first-order valence-electron chi connectivity index (χ1n) is 7.92. The first-order chi connectivity index (χ1) is 11.6. The van der Waals surface area contributed by atoms with Crippen molar-refractivity contribution in [1.29, 1.82) is 0 Å². The molecule has 0 atom stereocenters. The number of fused-ring (bicyclic) bond motifs is 1. The number of pyridine rings is 1. The Balaban J connectivity index is 1.71. The summed E-state index contributed by atoms with van der Waals surface area (Å²) in [6.07, 6.45) is 1.77. The SMILES string of the molecule is Cc1sc2nc(-c3ccc(N4CCOCC4)nc3)[nH]c(=O)c2c1C. The number of nitrogens with one attached hydrogen (secondary N) is 1. The second-order valence-electron chi connectivity index (χ2n) is 5.88. The zero-order chi connectivity index (χ0) is 16.7. The molecule has 7 heteroatoms. The molecule has 3 aromatic heterocycles. The van der Waals surface area contributed by atoms with Crippen LogP contribution in [0.2, 0.25) is 0 Å². The smallest absolute Gasteiger partial charge is 0.260 e. The maximum Gasteiger partial charge on any atom is 0.260 e. The van der Waals surface area contributed by atoms with E-state index >= 15 is 0 Å². The Kier molecular flexibility index (Phi) is 3.82. The standard InChI is InChI=1S/C17H18N4O2S/c1-10-11(2)24-17-14(10)16(22)19-15(20-17)12-3-4-13(18-9-12)21-5-7-23-8-6-21/h3-4,9H,5-8H2,1-2H3,(H,19,20,22). The van der Waals surface area contributed by atoms with E-state index in [4.69, 9.17) is 4.74 Å². The van der Waals surface area contributed by atoms with Crippen LogP contribution in [0.15, 0.2) is 23.1 Å². The van der Waals surface area contributed by atoms with Crippen LogP contribution >= 0.6 is 11.3 Å². The van der Waals surface area contributed by atoms with Crippen molar-refractivity contribution in [2.45, 2.75) is 13.8 Å². The quantitative estimate of drug-likeness (QED) is 0.775. The van der Waals surface area contributed by atoms with Crippen LogP contribution in [0.25, 0.3) is 21.6 Å². The second kappa shape index (κ2) is 5.99. The van der Waals surface area contributed by atoms with E-state index in [-0.39, 0.29) is 5.56 Å². The molecule has 24 heavy (non-hydrogen) atoms. The molecule has 1 aliphatic rings. The molecule has 0 bridgehead atoms. The zero-order valence-electron chi connectivity index (χ0n) is 13.6. The van der Waals surface area contributed by atoms with Crippen LogP contribution in [0.3, 0.4) is 0 Å². The number of hydrogen-bond acceptors (Lipinski definition) is 6. The van der Waals surface area contributed by atoms with E-state index < -0.39 is 0 Å². The third-order valence-corrected chi connectivity index (χ3v) is 5.50. The van der Waals surface area contributed by atoms with Crippen LogP contribution in [0.1, 0.15) is 10.4 Å². The van der Waals surface area contributed by atoms with Gasteiger partial charge in [0.15, 0.2) is 0 Å². The van der Waals surface area contributed by atoms with Gasteiger partial charge in [0.25, 0.3) is 5.56 Å². The van der Waals surface area contributed by atoms with Crippen LogP contribution in [0, 0.1) is 13.8 Å². The number of rotatable bonds is 2. The molecule has 1 fully saturated rings. The number of aryl methyl sites for hydroxylation is 2. The summed E-state index contributed by atoms with van der Waals surface area (Å²) in [6, 6.07) is 3.92. The minimum absolute atomic E-state index is 0.0888. The van der Waals surface area contributed by atoms with Gasteiger partial charge in [-0.1, -0.05) is 0 Å². The number of aromatic nitrogens is 3. The number of nitrogens with zero attached hydrogens (tertiary/aromatic N) is 3. The maximum absolute atomic E-state index is 12.4. The highest BCUT2D eigenvalue weighted by atomic mass is 32.1. The Labute approximate surface area is 143 Å². The van der Waals surface area contributed by atoms with Crippen molar-refractivity contribution in [3.8, 4) is 11.4 Å². The summed E-state index contributed by atoms with van der Waals surface area (Å²) in [5, 5.41) is 0.694. The highest BCUT2D eigenvalue weighted by Crippen LogP contribution is 2.27. The van der Waals surface area contributed by atoms with E-state index in [0.717, 1.165) is 53.0 Å². The van der Waals surface area contributed by atoms with Crippen LogP contribution < -0.4 is 10.5 Å². The molecule has 4 heterocycles. The molecular formula is C17H18N4O2S. The minimum atomic E-state index is -0.0888. The summed E-state index contributed by atoms with van der Waals surface area (Å²) >= 11 is 1.55. The maximum atomic E-state index is 12.4. The largest absolute Gasteiger partial charge is 0.378 e. The van der Waals surface area contributed by atoms with E-state index in [1.807, 2.05) is 26.0 Å². The van der Waals surface area contributed by atoms with Crippen LogP contribution in [0.5, 0.6) is 0 Å². The Morgan fingerprint density at radius 1 is 1.25 bits per heavy atom. The average Bonchev–Trinajstić information content (AvgIpc) is 2.90. The fraction of sp³-hybridized carbons (Fsp3) is 0.353. The summed E-state index contributed by atoms with van der Waals surface area (Å²) in [5.74, 6) is 1.49. The monoisotopic (exact) mass is 342 g/mol. The fourth-order valence-electron chi connectivity index (χ4n) is 2.90. The number of H-pyrrole nitrogens is 1. The van der Waals surface area contributed by atoms with Gasteiger partial charge in [-0.15, -0.1) is 11.3 Å².